The van der Waals surface area contributed by atoms with Gasteiger partial charge in [-0.3, -0.25) is 0 Å². The first kappa shape index (κ1) is 91.7. The Bertz CT molecular complexity index is 3360. The molecule has 0 aliphatic rings. The molecule has 8 rings (SSSR count). The van der Waals surface area contributed by atoms with E-state index in [2.05, 4.69) is 133 Å². The Kier molecular flexibility index (Phi) is 43.5. The van der Waals surface area contributed by atoms with Crippen LogP contribution in [0.25, 0.3) is 0 Å². The zero-order chi connectivity index (χ0) is 75.7. The van der Waals surface area contributed by atoms with Gasteiger partial charge in [0.1, 0.15) is 29.1 Å². The number of hydrogen-bond acceptors (Lipinski definition) is 0. The molecule has 13 heteroatoms. The molecule has 0 spiro atoms. The van der Waals surface area contributed by atoms with E-state index in [4.69, 9.17) is 58.0 Å². The highest BCUT2D eigenvalue weighted by Crippen LogP contribution is 2.29. The Hall–Kier alpha value is -5.35. The molecule has 0 unspecified atom stereocenters. The second-order valence-corrected chi connectivity index (χ2v) is 31.2. The van der Waals surface area contributed by atoms with Crippen LogP contribution in [-0.4, -0.2) is 0 Å². The monoisotopic (exact) mass is 1470 g/mol. The van der Waals surface area contributed by atoms with Gasteiger partial charge in [-0.05, 0) is 280 Å². The fraction of sp³-hybridized carbons (Fsp3) is 0.442. The van der Waals surface area contributed by atoms with E-state index in [1.165, 1.54) is 62.7 Å². The minimum absolute atomic E-state index is 0.0294. The third-order valence-corrected chi connectivity index (χ3v) is 16.1. The van der Waals surface area contributed by atoms with E-state index in [9.17, 15) is 35.1 Å². The molecular weight excluding hydrogens is 1360 g/mol. The summed E-state index contributed by atoms with van der Waals surface area (Å²) in [5.74, 6) is -2.30. The maximum absolute atomic E-state index is 13.4. The zero-order valence-electron chi connectivity index (χ0n) is 62.8. The fourth-order valence-corrected chi connectivity index (χ4v) is 11.7. The quantitative estimate of drug-likeness (QED) is 0.0514. The topological polar surface area (TPSA) is 0 Å². The molecule has 0 atom stereocenters. The minimum atomic E-state index is -1.59. The summed E-state index contributed by atoms with van der Waals surface area (Å²) >= 11 is 29.6. The lowest BCUT2D eigenvalue weighted by molar-refractivity contribution is 0.413. The number of rotatable bonds is 16. The molecule has 8 aromatic rings. The van der Waals surface area contributed by atoms with Gasteiger partial charge < -0.3 is 0 Å². The number of hydrogen-bond donors (Lipinski definition) is 0. The molecule has 0 radical (unpaired) electrons. The summed E-state index contributed by atoms with van der Waals surface area (Å²) in [6.07, 6.45) is 7.10. The van der Waals surface area contributed by atoms with Crippen LogP contribution in [0.3, 0.4) is 0 Å². The Morgan fingerprint density at radius 2 is 0.636 bits per heavy atom. The summed E-state index contributed by atoms with van der Waals surface area (Å²) in [6.45, 7) is 44.7. The second-order valence-electron chi connectivity index (χ2n) is 29.1. The molecule has 0 fully saturated rings. The van der Waals surface area contributed by atoms with Gasteiger partial charge in [-0.25, -0.2) is 35.1 Å². The largest absolute Gasteiger partial charge is 0.207 e. The van der Waals surface area contributed by atoms with Gasteiger partial charge in [0.05, 0.1) is 0 Å². The molecule has 99 heavy (non-hydrogen) atoms. The van der Waals surface area contributed by atoms with E-state index in [0.717, 1.165) is 93.7 Å². The van der Waals surface area contributed by atoms with Gasteiger partial charge in [0, 0.05) is 42.3 Å². The summed E-state index contributed by atoms with van der Waals surface area (Å²) in [5, 5.41) is 4.04. The smallest absolute Gasteiger partial charge is 0.195 e. The molecule has 0 aromatic heterocycles. The van der Waals surface area contributed by atoms with Crippen molar-refractivity contribution in [3.63, 3.8) is 0 Å². The molecule has 0 saturated carbocycles. The van der Waals surface area contributed by atoms with Gasteiger partial charge in [-0.1, -0.05) is 217 Å². The molecule has 0 aliphatic carbocycles. The van der Waals surface area contributed by atoms with Crippen molar-refractivity contribution in [2.75, 3.05) is 0 Å². The summed E-state index contributed by atoms with van der Waals surface area (Å²) in [6, 6.07) is 38.6. The summed E-state index contributed by atoms with van der Waals surface area (Å²) in [5.41, 5.74) is 12.7. The van der Waals surface area contributed by atoms with Gasteiger partial charge in [-0.15, -0.1) is 0 Å². The molecule has 0 aliphatic heterocycles. The number of aryl methyl sites for hydroxylation is 5. The Morgan fingerprint density at radius 3 is 1.07 bits per heavy atom. The van der Waals surface area contributed by atoms with Crippen molar-refractivity contribution in [1.82, 2.24) is 0 Å². The van der Waals surface area contributed by atoms with E-state index in [0.29, 0.717) is 53.1 Å². The Balaban J connectivity index is 0.000000567. The molecular formula is C86H111Cl5F8. The fourth-order valence-electron chi connectivity index (χ4n) is 10.5. The van der Waals surface area contributed by atoms with Gasteiger partial charge in [0.15, 0.2) is 17.5 Å². The van der Waals surface area contributed by atoms with Crippen molar-refractivity contribution < 1.29 is 35.1 Å². The van der Waals surface area contributed by atoms with Crippen molar-refractivity contribution in [2.45, 2.75) is 204 Å². The summed E-state index contributed by atoms with van der Waals surface area (Å²) < 4.78 is 104. The molecule has 546 valence electrons. The van der Waals surface area contributed by atoms with Gasteiger partial charge >= 0.3 is 0 Å². The third kappa shape index (κ3) is 39.0. The highest BCUT2D eigenvalue weighted by atomic mass is 35.5. The highest BCUT2D eigenvalue weighted by Gasteiger charge is 2.23. The van der Waals surface area contributed by atoms with Crippen LogP contribution in [0.15, 0.2) is 127 Å². The van der Waals surface area contributed by atoms with Crippen LogP contribution >= 0.6 is 58.0 Å². The number of halogens is 13. The van der Waals surface area contributed by atoms with E-state index in [1.807, 2.05) is 82.3 Å². The third-order valence-electron chi connectivity index (χ3n) is 14.6. The normalized spacial score (nSPS) is 10.8. The summed E-state index contributed by atoms with van der Waals surface area (Å²) in [4.78, 5) is 0. The first-order chi connectivity index (χ1) is 46.0. The van der Waals surface area contributed by atoms with Crippen LogP contribution in [0.4, 0.5) is 35.1 Å². The highest BCUT2D eigenvalue weighted by molar-refractivity contribution is 6.35. The second kappa shape index (κ2) is 47.0. The van der Waals surface area contributed by atoms with Crippen molar-refractivity contribution in [1.29, 1.82) is 0 Å². The van der Waals surface area contributed by atoms with Crippen LogP contribution in [0.2, 0.25) is 25.1 Å². The standard InChI is InChI=1S/C11H14Cl2.2C11H15Cl.C11H12F4.C11H14F2.C11H15F.C10H13Cl.C10H13F/c1-7(2)4-10-8(3)5-9(12)6-11(10)13;1-8(2)4-10-5-9(3)6-11(12)7-10;1-8(2)6-10-4-5-11(12)9(3)7-10;1-5(2)4-7-8(12)6(3)9(13)11(15)10(7)14;1-7(2)4-10-8(3)5-9(12)6-11(10)13;1-8(2)4-10-5-9(3)6-11(12)7-10;2*1-8(2)7-9-3-5-10(11)6-4-9/h5-7H,4H2,1-3H3;5-8H,4H2,1-3H3;4-5,7-8H,6H2,1-3H3;5H,4H2,1-3H3;5-7H,4H2,1-3H3;5-8H,4H2,1-3H3;2*3-6,8H,7H2,1-2H3. The van der Waals surface area contributed by atoms with E-state index in [-0.39, 0.29) is 29.5 Å². The Labute approximate surface area is 617 Å². The molecule has 8 aromatic carbocycles. The van der Waals surface area contributed by atoms with Crippen molar-refractivity contribution >= 4 is 58.0 Å². The van der Waals surface area contributed by atoms with Crippen molar-refractivity contribution in [3.8, 4) is 0 Å². The van der Waals surface area contributed by atoms with Crippen LogP contribution < -0.4 is 0 Å². The predicted molar refractivity (Wildman–Crippen MR) is 413 cm³/mol. The number of benzene rings is 8. The van der Waals surface area contributed by atoms with E-state index >= 15 is 0 Å². The molecule has 0 nitrogen and oxygen atoms in total. The Morgan fingerprint density at radius 1 is 0.253 bits per heavy atom. The molecule has 0 N–H and O–H groups in total. The van der Waals surface area contributed by atoms with Gasteiger partial charge in [0.2, 0.25) is 0 Å². The first-order valence-corrected chi connectivity index (χ1v) is 36.3. The predicted octanol–water partition coefficient (Wildman–Crippen LogP) is 29.3. The lowest BCUT2D eigenvalue weighted by atomic mass is 9.98. The van der Waals surface area contributed by atoms with E-state index < -0.39 is 40.5 Å². The lowest BCUT2D eigenvalue weighted by Crippen LogP contribution is -2.08. The first-order valence-electron chi connectivity index (χ1n) is 34.4. The molecule has 0 saturated heterocycles. The lowest BCUT2D eigenvalue weighted by Gasteiger charge is -2.11. The van der Waals surface area contributed by atoms with Crippen molar-refractivity contribution in [3.05, 3.63) is 277 Å². The van der Waals surface area contributed by atoms with E-state index in [1.54, 1.807) is 32.9 Å². The molecule has 0 heterocycles. The van der Waals surface area contributed by atoms with Gasteiger partial charge in [-0.2, -0.15) is 0 Å². The van der Waals surface area contributed by atoms with Crippen LogP contribution in [0.5, 0.6) is 0 Å². The van der Waals surface area contributed by atoms with Crippen LogP contribution in [0, 0.1) is 135 Å². The molecule has 0 amide bonds. The maximum Gasteiger partial charge on any atom is 0.195 e. The van der Waals surface area contributed by atoms with Gasteiger partial charge in [0.25, 0.3) is 0 Å². The SMILES string of the molecule is CC(C)Cc1ccc(Cl)cc1.CC(C)Cc1ccc(F)cc1.Cc1c(F)c(F)c(F)c(CC(C)C)c1F.Cc1cc(CC(C)C)ccc1Cl.Cc1cc(Cl)cc(CC(C)C)c1.Cc1cc(Cl)cc(Cl)c1CC(C)C.Cc1cc(F)cc(CC(C)C)c1.Cc1cc(F)cc(F)c1CC(C)C. The molecule has 0 bridgehead atoms. The average molecular weight is 1470 g/mol. The average Bonchev–Trinajstić information content (AvgIpc) is 0.803. The van der Waals surface area contributed by atoms with Crippen LogP contribution in [-0.2, 0) is 51.4 Å². The van der Waals surface area contributed by atoms with Crippen LogP contribution in [0.1, 0.15) is 189 Å². The maximum atomic E-state index is 13.4. The van der Waals surface area contributed by atoms with Crippen molar-refractivity contribution in [2.24, 2.45) is 47.3 Å². The minimum Gasteiger partial charge on any atom is -0.207 e. The summed E-state index contributed by atoms with van der Waals surface area (Å²) in [7, 11) is 0. The zero-order valence-corrected chi connectivity index (χ0v) is 66.6.